The number of carbonyl (C=O) groups is 1. The molecule has 1 rings (SSSR count). The topological polar surface area (TPSA) is 46.5 Å². The third kappa shape index (κ3) is 5.17. The van der Waals surface area contributed by atoms with Crippen LogP contribution in [0.1, 0.15) is 39.7 Å². The van der Waals surface area contributed by atoms with Crippen LogP contribution in [0.4, 0.5) is 4.39 Å². The predicted molar refractivity (Wildman–Crippen MR) is 69.4 cm³/mol. The quantitative estimate of drug-likeness (QED) is 0.894. The molecule has 18 heavy (non-hydrogen) atoms. The lowest BCUT2D eigenvalue weighted by atomic mass is 10.1. The first-order valence-electron chi connectivity index (χ1n) is 5.93. The molecule has 0 spiro atoms. The van der Waals surface area contributed by atoms with Gasteiger partial charge in [0.2, 0.25) is 0 Å². The number of hydrogen-bond donors (Lipinski definition) is 1. The van der Waals surface area contributed by atoms with Crippen LogP contribution in [-0.4, -0.2) is 16.7 Å². The Labute approximate surface area is 108 Å². The van der Waals surface area contributed by atoms with Crippen molar-refractivity contribution in [3.05, 3.63) is 29.6 Å². The summed E-state index contributed by atoms with van der Waals surface area (Å²) in [7, 11) is 0. The lowest BCUT2D eigenvalue weighted by molar-refractivity contribution is -0.152. The van der Waals surface area contributed by atoms with Crippen LogP contribution in [0.25, 0.3) is 0 Å². The van der Waals surface area contributed by atoms with E-state index < -0.39 is 17.4 Å². The van der Waals surface area contributed by atoms with Crippen molar-refractivity contribution >= 4 is 5.97 Å². The normalized spacial score (nSPS) is 10.3. The number of rotatable bonds is 3. The summed E-state index contributed by atoms with van der Waals surface area (Å²) >= 11 is 0. The van der Waals surface area contributed by atoms with Crippen molar-refractivity contribution in [1.29, 1.82) is 0 Å². The van der Waals surface area contributed by atoms with Gasteiger partial charge in [-0.25, -0.2) is 9.18 Å². The molecule has 0 aliphatic carbocycles. The van der Waals surface area contributed by atoms with Crippen LogP contribution < -0.4 is 4.74 Å². The summed E-state index contributed by atoms with van der Waals surface area (Å²) in [6, 6.07) is 4.27. The monoisotopic (exact) mass is 256 g/mol. The summed E-state index contributed by atoms with van der Waals surface area (Å²) in [6.45, 7) is 8.70. The van der Waals surface area contributed by atoms with E-state index in [0.29, 0.717) is 5.56 Å². The van der Waals surface area contributed by atoms with E-state index in [1.165, 1.54) is 26.3 Å². The van der Waals surface area contributed by atoms with Crippen molar-refractivity contribution in [2.24, 2.45) is 0 Å². The first-order valence-corrected chi connectivity index (χ1v) is 5.93. The Morgan fingerprint density at radius 2 is 1.89 bits per heavy atom. The van der Waals surface area contributed by atoms with Gasteiger partial charge in [-0.15, -0.1) is 0 Å². The minimum Gasteiger partial charge on any atom is -0.478 e. The van der Waals surface area contributed by atoms with Crippen LogP contribution in [0.2, 0.25) is 0 Å². The molecule has 0 atom stereocenters. The fourth-order valence-electron chi connectivity index (χ4n) is 0.975. The molecule has 0 bridgehead atoms. The summed E-state index contributed by atoms with van der Waals surface area (Å²) in [5, 5.41) is 8.81. The molecule has 0 saturated carbocycles. The molecule has 102 valence electrons. The molecular weight excluding hydrogens is 235 g/mol. The van der Waals surface area contributed by atoms with E-state index in [1.807, 2.05) is 0 Å². The van der Waals surface area contributed by atoms with Crippen molar-refractivity contribution in [2.45, 2.75) is 46.6 Å². The highest BCUT2D eigenvalue weighted by molar-refractivity contribution is 5.76. The smallest absolute Gasteiger partial charge is 0.347 e. The zero-order valence-electron chi connectivity index (χ0n) is 11.6. The second kappa shape index (κ2) is 6.99. The molecule has 4 heteroatoms. The van der Waals surface area contributed by atoms with E-state index in [1.54, 1.807) is 19.1 Å². The van der Waals surface area contributed by atoms with Crippen LogP contribution in [0.15, 0.2) is 18.2 Å². The predicted octanol–water partition coefficient (Wildman–Crippen LogP) is 3.79. The molecular formula is C14H21FO3. The van der Waals surface area contributed by atoms with Crippen LogP contribution in [-0.2, 0) is 4.79 Å². The van der Waals surface area contributed by atoms with Gasteiger partial charge in [-0.05, 0) is 32.4 Å². The van der Waals surface area contributed by atoms with E-state index >= 15 is 0 Å². The minimum atomic E-state index is -1.36. The Bertz CT molecular complexity index is 400. The molecule has 0 aliphatic rings. The lowest BCUT2D eigenvalue weighted by Crippen LogP contribution is -2.37. The van der Waals surface area contributed by atoms with Gasteiger partial charge in [-0.3, -0.25) is 0 Å². The molecule has 0 unspecified atom stereocenters. The van der Waals surface area contributed by atoms with Crippen molar-refractivity contribution in [3.8, 4) is 5.75 Å². The van der Waals surface area contributed by atoms with Gasteiger partial charge in [0.05, 0.1) is 0 Å². The average molecular weight is 256 g/mol. The fraction of sp³-hybridized carbons (Fsp3) is 0.500. The number of halogens is 1. The van der Waals surface area contributed by atoms with Crippen molar-refractivity contribution in [2.75, 3.05) is 0 Å². The Morgan fingerprint density at radius 1 is 1.39 bits per heavy atom. The number of carboxylic acid groups (broad SMARTS) is 1. The summed E-state index contributed by atoms with van der Waals surface area (Å²) in [4.78, 5) is 10.8. The summed E-state index contributed by atoms with van der Waals surface area (Å²) in [5.74, 6) is -1.29. The highest BCUT2D eigenvalue weighted by Gasteiger charge is 2.29. The standard InChI is InChI=1S/C11H13FO3.C3H8/c1-7-4-5-8(6-9(7)12)15-11(2,3)10(13)14;1-3-2/h4-6H,1-3H3,(H,13,14);3H2,1-2H3. The molecule has 0 heterocycles. The highest BCUT2D eigenvalue weighted by atomic mass is 19.1. The maximum Gasteiger partial charge on any atom is 0.347 e. The van der Waals surface area contributed by atoms with Crippen LogP contribution in [0.5, 0.6) is 5.75 Å². The van der Waals surface area contributed by atoms with E-state index in [2.05, 4.69) is 13.8 Å². The van der Waals surface area contributed by atoms with Crippen molar-refractivity contribution in [1.82, 2.24) is 0 Å². The maximum absolute atomic E-state index is 13.1. The third-order valence-corrected chi connectivity index (χ3v) is 2.03. The molecule has 0 aromatic heterocycles. The van der Waals surface area contributed by atoms with Crippen LogP contribution >= 0.6 is 0 Å². The Hall–Kier alpha value is -1.58. The van der Waals surface area contributed by atoms with Crippen molar-refractivity contribution < 1.29 is 19.0 Å². The van der Waals surface area contributed by atoms with Gasteiger partial charge in [-0.1, -0.05) is 26.3 Å². The van der Waals surface area contributed by atoms with Gasteiger partial charge in [0.25, 0.3) is 0 Å². The number of aliphatic carboxylic acids is 1. The summed E-state index contributed by atoms with van der Waals surface area (Å²) < 4.78 is 18.3. The van der Waals surface area contributed by atoms with Gasteiger partial charge in [0, 0.05) is 6.07 Å². The highest BCUT2D eigenvalue weighted by Crippen LogP contribution is 2.21. The fourth-order valence-corrected chi connectivity index (χ4v) is 0.975. The molecule has 0 fully saturated rings. The van der Waals surface area contributed by atoms with E-state index in [-0.39, 0.29) is 5.75 Å². The lowest BCUT2D eigenvalue weighted by Gasteiger charge is -2.21. The molecule has 0 amide bonds. The van der Waals surface area contributed by atoms with Gasteiger partial charge in [0.15, 0.2) is 5.60 Å². The number of aryl methyl sites for hydroxylation is 1. The molecule has 3 nitrogen and oxygen atoms in total. The van der Waals surface area contributed by atoms with Gasteiger partial charge < -0.3 is 9.84 Å². The van der Waals surface area contributed by atoms with Gasteiger partial charge in [-0.2, -0.15) is 0 Å². The first kappa shape index (κ1) is 16.4. The maximum atomic E-state index is 13.1. The van der Waals surface area contributed by atoms with E-state index in [0.717, 1.165) is 0 Å². The SMILES string of the molecule is CCC.Cc1ccc(OC(C)(C)C(=O)O)cc1F. The number of hydrogen-bond acceptors (Lipinski definition) is 2. The number of carboxylic acids is 1. The Morgan fingerprint density at radius 3 is 2.28 bits per heavy atom. The molecule has 0 aliphatic heterocycles. The van der Waals surface area contributed by atoms with E-state index in [4.69, 9.17) is 9.84 Å². The van der Waals surface area contributed by atoms with E-state index in [9.17, 15) is 9.18 Å². The molecule has 1 N–H and O–H groups in total. The number of ether oxygens (including phenoxy) is 1. The first-order chi connectivity index (χ1) is 8.24. The molecule has 1 aromatic rings. The molecule has 1 aromatic carbocycles. The zero-order valence-corrected chi connectivity index (χ0v) is 11.6. The molecule has 0 saturated heterocycles. The van der Waals surface area contributed by atoms with Crippen LogP contribution in [0.3, 0.4) is 0 Å². The second-order valence-corrected chi connectivity index (χ2v) is 4.54. The average Bonchev–Trinajstić information content (AvgIpc) is 2.24. The Balaban J connectivity index is 0.000000873. The second-order valence-electron chi connectivity index (χ2n) is 4.54. The third-order valence-electron chi connectivity index (χ3n) is 2.03. The minimum absolute atomic E-state index is 0.213. The summed E-state index contributed by atoms with van der Waals surface area (Å²) in [5.41, 5.74) is -0.864. The Kier molecular flexibility index (Phi) is 6.37. The van der Waals surface area contributed by atoms with Crippen molar-refractivity contribution in [3.63, 3.8) is 0 Å². The van der Waals surface area contributed by atoms with Crippen LogP contribution in [0, 0.1) is 12.7 Å². The summed E-state index contributed by atoms with van der Waals surface area (Å²) in [6.07, 6.45) is 1.25. The van der Waals surface area contributed by atoms with Gasteiger partial charge in [0.1, 0.15) is 11.6 Å². The zero-order chi connectivity index (χ0) is 14.3. The molecule has 0 radical (unpaired) electrons. The van der Waals surface area contributed by atoms with Gasteiger partial charge >= 0.3 is 5.97 Å². The number of benzene rings is 1. The largest absolute Gasteiger partial charge is 0.478 e.